The number of halogens is 1. The fourth-order valence-electron chi connectivity index (χ4n) is 1.80. The summed E-state index contributed by atoms with van der Waals surface area (Å²) < 4.78 is 0. The van der Waals surface area contributed by atoms with Gasteiger partial charge in [-0.15, -0.1) is 0 Å². The number of carbonyl (C=O) groups is 1. The van der Waals surface area contributed by atoms with Crippen LogP contribution in [0.4, 0.5) is 0 Å². The normalized spacial score (nSPS) is 10.3. The van der Waals surface area contributed by atoms with Crippen LogP contribution >= 0.6 is 11.6 Å². The van der Waals surface area contributed by atoms with Gasteiger partial charge in [0.1, 0.15) is 0 Å². The summed E-state index contributed by atoms with van der Waals surface area (Å²) in [6.45, 7) is 2.09. The highest BCUT2D eigenvalue weighted by atomic mass is 35.5. The molecule has 0 aromatic heterocycles. The summed E-state index contributed by atoms with van der Waals surface area (Å²) in [7, 11) is 0. The van der Waals surface area contributed by atoms with Gasteiger partial charge < -0.3 is 5.11 Å². The molecule has 0 aliphatic heterocycles. The Hall–Kier alpha value is -1.80. The van der Waals surface area contributed by atoms with Gasteiger partial charge >= 0.3 is 5.97 Å². The Kier molecular flexibility index (Phi) is 3.68. The molecule has 0 unspecified atom stereocenters. The van der Waals surface area contributed by atoms with Crippen molar-refractivity contribution in [3.63, 3.8) is 0 Å². The molecule has 0 aliphatic carbocycles. The smallest absolute Gasteiger partial charge is 0.335 e. The standard InChI is InChI=1S/C15H13ClO2/c1-2-10-3-5-11(6-4-10)13-9-12(15(17)18)7-8-14(13)16/h3-9H,2H2,1H3,(H,17,18). The van der Waals surface area contributed by atoms with E-state index in [0.29, 0.717) is 5.02 Å². The molecule has 2 aromatic rings. The van der Waals surface area contributed by atoms with E-state index in [-0.39, 0.29) is 5.56 Å². The van der Waals surface area contributed by atoms with Crippen LogP contribution in [0.2, 0.25) is 5.02 Å². The van der Waals surface area contributed by atoms with Crippen LogP contribution in [0, 0.1) is 0 Å². The molecule has 2 aromatic carbocycles. The number of hydrogen-bond donors (Lipinski definition) is 1. The highest BCUT2D eigenvalue weighted by Gasteiger charge is 2.08. The minimum Gasteiger partial charge on any atom is -0.478 e. The number of aryl methyl sites for hydroxylation is 1. The van der Waals surface area contributed by atoms with Crippen molar-refractivity contribution in [1.29, 1.82) is 0 Å². The van der Waals surface area contributed by atoms with Crippen LogP contribution in [0.3, 0.4) is 0 Å². The second kappa shape index (κ2) is 5.23. The maximum absolute atomic E-state index is 11.0. The Balaban J connectivity index is 2.48. The van der Waals surface area contributed by atoms with Crippen molar-refractivity contribution in [2.24, 2.45) is 0 Å². The lowest BCUT2D eigenvalue weighted by atomic mass is 10.0. The van der Waals surface area contributed by atoms with Crippen molar-refractivity contribution in [3.05, 3.63) is 58.6 Å². The van der Waals surface area contributed by atoms with Crippen molar-refractivity contribution < 1.29 is 9.90 Å². The van der Waals surface area contributed by atoms with Gasteiger partial charge in [-0.25, -0.2) is 4.79 Å². The SMILES string of the molecule is CCc1ccc(-c2cc(C(=O)O)ccc2Cl)cc1. The molecule has 0 saturated heterocycles. The molecule has 2 nitrogen and oxygen atoms in total. The maximum Gasteiger partial charge on any atom is 0.335 e. The third-order valence-electron chi connectivity index (χ3n) is 2.89. The molecule has 1 N–H and O–H groups in total. The number of benzene rings is 2. The zero-order valence-electron chi connectivity index (χ0n) is 9.98. The van der Waals surface area contributed by atoms with E-state index < -0.39 is 5.97 Å². The Morgan fingerprint density at radius 1 is 1.17 bits per heavy atom. The average molecular weight is 261 g/mol. The largest absolute Gasteiger partial charge is 0.478 e. The van der Waals surface area contributed by atoms with Crippen LogP contribution in [0.15, 0.2) is 42.5 Å². The van der Waals surface area contributed by atoms with Crippen LogP contribution in [0.25, 0.3) is 11.1 Å². The number of carboxylic acids is 1. The zero-order valence-corrected chi connectivity index (χ0v) is 10.7. The molecule has 3 heteroatoms. The monoisotopic (exact) mass is 260 g/mol. The Morgan fingerprint density at radius 2 is 1.83 bits per heavy atom. The molecule has 0 saturated carbocycles. The lowest BCUT2D eigenvalue weighted by molar-refractivity contribution is 0.0697. The third kappa shape index (κ3) is 2.54. The summed E-state index contributed by atoms with van der Waals surface area (Å²) >= 11 is 6.12. The molecule has 0 bridgehead atoms. The van der Waals surface area contributed by atoms with Gasteiger partial charge in [0.05, 0.1) is 5.56 Å². The van der Waals surface area contributed by atoms with Gasteiger partial charge in [-0.05, 0) is 35.7 Å². The van der Waals surface area contributed by atoms with Gasteiger partial charge in [-0.3, -0.25) is 0 Å². The lowest BCUT2D eigenvalue weighted by Crippen LogP contribution is -1.96. The average Bonchev–Trinajstić information content (AvgIpc) is 2.39. The molecular formula is C15H13ClO2. The number of aromatic carboxylic acids is 1. The summed E-state index contributed by atoms with van der Waals surface area (Å²) in [5, 5.41) is 9.55. The van der Waals surface area contributed by atoms with E-state index in [2.05, 4.69) is 6.92 Å². The first-order valence-electron chi connectivity index (χ1n) is 5.74. The predicted molar refractivity (Wildman–Crippen MR) is 73.2 cm³/mol. The van der Waals surface area contributed by atoms with Crippen LogP contribution in [-0.2, 0) is 6.42 Å². The van der Waals surface area contributed by atoms with E-state index in [0.717, 1.165) is 17.5 Å². The van der Waals surface area contributed by atoms with Crippen molar-refractivity contribution in [2.45, 2.75) is 13.3 Å². The van der Waals surface area contributed by atoms with E-state index in [9.17, 15) is 4.79 Å². The minimum atomic E-state index is -0.946. The van der Waals surface area contributed by atoms with Crippen LogP contribution < -0.4 is 0 Å². The topological polar surface area (TPSA) is 37.3 Å². The van der Waals surface area contributed by atoms with E-state index in [4.69, 9.17) is 16.7 Å². The number of carboxylic acid groups (broad SMARTS) is 1. The zero-order chi connectivity index (χ0) is 13.1. The summed E-state index contributed by atoms with van der Waals surface area (Å²) in [6, 6.07) is 12.7. The molecule has 92 valence electrons. The fraction of sp³-hybridized carbons (Fsp3) is 0.133. The third-order valence-corrected chi connectivity index (χ3v) is 3.22. The van der Waals surface area contributed by atoms with Crippen molar-refractivity contribution in [2.75, 3.05) is 0 Å². The molecule has 0 amide bonds. The van der Waals surface area contributed by atoms with E-state index >= 15 is 0 Å². The van der Waals surface area contributed by atoms with Crippen molar-refractivity contribution in [3.8, 4) is 11.1 Å². The van der Waals surface area contributed by atoms with E-state index in [1.54, 1.807) is 12.1 Å². The quantitative estimate of drug-likeness (QED) is 0.895. The molecule has 0 radical (unpaired) electrons. The van der Waals surface area contributed by atoms with Gasteiger partial charge in [0, 0.05) is 10.6 Å². The Morgan fingerprint density at radius 3 is 2.39 bits per heavy atom. The van der Waals surface area contributed by atoms with E-state index in [1.165, 1.54) is 11.6 Å². The van der Waals surface area contributed by atoms with E-state index in [1.807, 2.05) is 24.3 Å². The Bertz CT molecular complexity index is 574. The molecular weight excluding hydrogens is 248 g/mol. The summed E-state index contributed by atoms with van der Waals surface area (Å²) in [5.41, 5.74) is 3.16. The second-order valence-electron chi connectivity index (χ2n) is 4.05. The highest BCUT2D eigenvalue weighted by molar-refractivity contribution is 6.33. The number of hydrogen-bond acceptors (Lipinski definition) is 1. The minimum absolute atomic E-state index is 0.244. The summed E-state index contributed by atoms with van der Waals surface area (Å²) in [6.07, 6.45) is 0.975. The molecule has 0 fully saturated rings. The van der Waals surface area contributed by atoms with Crippen LogP contribution in [0.5, 0.6) is 0 Å². The van der Waals surface area contributed by atoms with Gasteiger partial charge in [0.15, 0.2) is 0 Å². The molecule has 2 rings (SSSR count). The molecule has 18 heavy (non-hydrogen) atoms. The molecule has 0 spiro atoms. The van der Waals surface area contributed by atoms with Gasteiger partial charge in [-0.1, -0.05) is 42.8 Å². The van der Waals surface area contributed by atoms with Gasteiger partial charge in [-0.2, -0.15) is 0 Å². The van der Waals surface area contributed by atoms with Gasteiger partial charge in [0.25, 0.3) is 0 Å². The summed E-state index contributed by atoms with van der Waals surface area (Å²) in [5.74, 6) is -0.946. The Labute approximate surface area is 111 Å². The van der Waals surface area contributed by atoms with Crippen molar-refractivity contribution in [1.82, 2.24) is 0 Å². The first kappa shape index (κ1) is 12.7. The predicted octanol–water partition coefficient (Wildman–Crippen LogP) is 4.27. The molecule has 0 aliphatic rings. The second-order valence-corrected chi connectivity index (χ2v) is 4.46. The van der Waals surface area contributed by atoms with Crippen LogP contribution in [-0.4, -0.2) is 11.1 Å². The highest BCUT2D eigenvalue weighted by Crippen LogP contribution is 2.29. The first-order chi connectivity index (χ1) is 8.61. The van der Waals surface area contributed by atoms with Crippen LogP contribution in [0.1, 0.15) is 22.8 Å². The maximum atomic E-state index is 11.0. The van der Waals surface area contributed by atoms with Gasteiger partial charge in [0.2, 0.25) is 0 Å². The lowest BCUT2D eigenvalue weighted by Gasteiger charge is -2.07. The summed E-state index contributed by atoms with van der Waals surface area (Å²) in [4.78, 5) is 11.0. The molecule has 0 atom stereocenters. The number of rotatable bonds is 3. The molecule has 0 heterocycles. The van der Waals surface area contributed by atoms with Crippen molar-refractivity contribution >= 4 is 17.6 Å². The first-order valence-corrected chi connectivity index (χ1v) is 6.11. The fourth-order valence-corrected chi connectivity index (χ4v) is 2.03.